The number of anilines is 2. The number of imidazole rings is 1. The lowest BCUT2D eigenvalue weighted by atomic mass is 10.2. The lowest BCUT2D eigenvalue weighted by molar-refractivity contribution is 0.415. The predicted octanol–water partition coefficient (Wildman–Crippen LogP) is 2.22. The van der Waals surface area contributed by atoms with E-state index in [1.54, 1.807) is 14.2 Å². The van der Waals surface area contributed by atoms with Gasteiger partial charge in [-0.2, -0.15) is 0 Å². The average molecular weight is 380 g/mol. The van der Waals surface area contributed by atoms with Crippen LogP contribution in [0.2, 0.25) is 0 Å². The van der Waals surface area contributed by atoms with Crippen molar-refractivity contribution in [1.82, 2.24) is 9.13 Å². The molecule has 1 fully saturated rings. The Kier molecular flexibility index (Phi) is 4.73. The highest BCUT2D eigenvalue weighted by atomic mass is 16.5. The highest BCUT2D eigenvalue weighted by Gasteiger charge is 2.18. The van der Waals surface area contributed by atoms with E-state index in [0.29, 0.717) is 0 Å². The number of hydrogen-bond donors (Lipinski definition) is 1. The summed E-state index contributed by atoms with van der Waals surface area (Å²) >= 11 is 0. The standard InChI is InChI=1S/C21H24N4O3/c1-22-20(26)15-25(21(22)27)18-5-3-16(4-6-18)23-11-13-24(14-12-23)17-7-9-19(28-2)10-8-17/h3-10,15,26H,11-14H2,1-2H3. The minimum Gasteiger partial charge on any atom is -0.497 e. The summed E-state index contributed by atoms with van der Waals surface area (Å²) in [7, 11) is 3.22. The molecule has 1 aliphatic heterocycles. The Labute approximate surface area is 163 Å². The van der Waals surface area contributed by atoms with E-state index in [0.717, 1.165) is 43.3 Å². The molecule has 1 saturated heterocycles. The minimum absolute atomic E-state index is 0.0521. The molecule has 0 spiro atoms. The summed E-state index contributed by atoms with van der Waals surface area (Å²) in [6, 6.07) is 16.0. The van der Waals surface area contributed by atoms with E-state index in [4.69, 9.17) is 4.74 Å². The molecule has 2 aromatic carbocycles. The van der Waals surface area contributed by atoms with Crippen molar-refractivity contribution in [1.29, 1.82) is 0 Å². The van der Waals surface area contributed by atoms with Crippen LogP contribution in [0.4, 0.5) is 11.4 Å². The molecule has 0 radical (unpaired) electrons. The molecule has 1 N–H and O–H groups in total. The minimum atomic E-state index is -0.265. The van der Waals surface area contributed by atoms with Gasteiger partial charge in [-0.3, -0.25) is 9.13 Å². The second-order valence-corrected chi connectivity index (χ2v) is 6.89. The van der Waals surface area contributed by atoms with Gasteiger partial charge < -0.3 is 19.6 Å². The molecule has 0 atom stereocenters. The maximum atomic E-state index is 12.1. The van der Waals surface area contributed by atoms with Gasteiger partial charge in [-0.25, -0.2) is 4.79 Å². The summed E-state index contributed by atoms with van der Waals surface area (Å²) in [5, 5.41) is 9.71. The molecular weight excluding hydrogens is 356 g/mol. The summed E-state index contributed by atoms with van der Waals surface area (Å²) in [4.78, 5) is 16.8. The Morgan fingerprint density at radius 1 is 0.821 bits per heavy atom. The van der Waals surface area contributed by atoms with Gasteiger partial charge in [0.2, 0.25) is 5.88 Å². The van der Waals surface area contributed by atoms with Gasteiger partial charge in [0, 0.05) is 44.6 Å². The van der Waals surface area contributed by atoms with Crippen LogP contribution in [-0.4, -0.2) is 47.5 Å². The maximum absolute atomic E-state index is 12.1. The van der Waals surface area contributed by atoms with Crippen molar-refractivity contribution in [3.8, 4) is 17.3 Å². The number of ether oxygens (including phenoxy) is 1. The molecule has 0 unspecified atom stereocenters. The van der Waals surface area contributed by atoms with Crippen molar-refractivity contribution in [3.05, 3.63) is 65.2 Å². The van der Waals surface area contributed by atoms with Crippen LogP contribution in [0, 0.1) is 0 Å². The molecule has 2 heterocycles. The second-order valence-electron chi connectivity index (χ2n) is 6.89. The number of methoxy groups -OCH3 is 1. The summed E-state index contributed by atoms with van der Waals surface area (Å²) < 4.78 is 7.88. The quantitative estimate of drug-likeness (QED) is 0.752. The summed E-state index contributed by atoms with van der Waals surface area (Å²) in [6.45, 7) is 3.75. The van der Waals surface area contributed by atoms with E-state index in [1.807, 2.05) is 36.4 Å². The van der Waals surface area contributed by atoms with E-state index >= 15 is 0 Å². The molecule has 0 aliphatic carbocycles. The van der Waals surface area contributed by atoms with Crippen LogP contribution < -0.4 is 20.2 Å². The maximum Gasteiger partial charge on any atom is 0.335 e. The molecule has 0 amide bonds. The largest absolute Gasteiger partial charge is 0.497 e. The molecule has 0 bridgehead atoms. The average Bonchev–Trinajstić information content (AvgIpc) is 3.01. The van der Waals surface area contributed by atoms with E-state index in [-0.39, 0.29) is 11.6 Å². The monoisotopic (exact) mass is 380 g/mol. The predicted molar refractivity (Wildman–Crippen MR) is 110 cm³/mol. The number of nitrogens with zero attached hydrogens (tertiary/aromatic N) is 4. The first-order chi connectivity index (χ1) is 13.6. The first-order valence-electron chi connectivity index (χ1n) is 9.28. The van der Waals surface area contributed by atoms with Crippen LogP contribution in [0.5, 0.6) is 11.6 Å². The van der Waals surface area contributed by atoms with Gasteiger partial charge >= 0.3 is 5.69 Å². The molecule has 1 aliphatic rings. The highest BCUT2D eigenvalue weighted by Crippen LogP contribution is 2.23. The van der Waals surface area contributed by atoms with Crippen molar-refractivity contribution in [2.24, 2.45) is 7.05 Å². The van der Waals surface area contributed by atoms with Gasteiger partial charge in [0.15, 0.2) is 0 Å². The Bertz CT molecular complexity index is 998. The third-order valence-electron chi connectivity index (χ3n) is 5.29. The zero-order chi connectivity index (χ0) is 19.7. The Morgan fingerprint density at radius 3 is 1.71 bits per heavy atom. The number of benzene rings is 2. The number of aromatic hydroxyl groups is 1. The second kappa shape index (κ2) is 7.34. The summed E-state index contributed by atoms with van der Waals surface area (Å²) in [6.07, 6.45) is 1.44. The molecule has 4 rings (SSSR count). The van der Waals surface area contributed by atoms with Gasteiger partial charge in [-0.05, 0) is 48.5 Å². The van der Waals surface area contributed by atoms with Crippen LogP contribution in [0.25, 0.3) is 5.69 Å². The molecule has 3 aromatic rings. The number of hydrogen-bond acceptors (Lipinski definition) is 5. The third-order valence-corrected chi connectivity index (χ3v) is 5.29. The topological polar surface area (TPSA) is 62.9 Å². The molecule has 7 nitrogen and oxygen atoms in total. The lowest BCUT2D eigenvalue weighted by Gasteiger charge is -2.37. The van der Waals surface area contributed by atoms with Crippen LogP contribution in [0.15, 0.2) is 59.5 Å². The Balaban J connectivity index is 1.43. The number of aromatic nitrogens is 2. The fourth-order valence-electron chi connectivity index (χ4n) is 3.54. The van der Waals surface area contributed by atoms with Crippen molar-refractivity contribution in [2.45, 2.75) is 0 Å². The Hall–Kier alpha value is -3.35. The zero-order valence-corrected chi connectivity index (χ0v) is 16.1. The van der Waals surface area contributed by atoms with E-state index in [9.17, 15) is 9.90 Å². The van der Waals surface area contributed by atoms with Crippen molar-refractivity contribution < 1.29 is 9.84 Å². The molecule has 7 heteroatoms. The SMILES string of the molecule is COc1ccc(N2CCN(c3ccc(-n4cc(O)n(C)c4=O)cc3)CC2)cc1. The lowest BCUT2D eigenvalue weighted by Crippen LogP contribution is -2.46. The van der Waals surface area contributed by atoms with E-state index < -0.39 is 0 Å². The van der Waals surface area contributed by atoms with Gasteiger partial charge in [-0.1, -0.05) is 0 Å². The van der Waals surface area contributed by atoms with Crippen molar-refractivity contribution >= 4 is 11.4 Å². The van der Waals surface area contributed by atoms with Crippen molar-refractivity contribution in [2.75, 3.05) is 43.1 Å². The normalized spacial score (nSPS) is 14.4. The summed E-state index contributed by atoms with van der Waals surface area (Å²) in [5.41, 5.74) is 2.81. The number of piperazine rings is 1. The summed E-state index contributed by atoms with van der Waals surface area (Å²) in [5.74, 6) is 0.817. The van der Waals surface area contributed by atoms with Crippen LogP contribution in [0.3, 0.4) is 0 Å². The molecule has 146 valence electrons. The highest BCUT2D eigenvalue weighted by molar-refractivity contribution is 5.54. The third kappa shape index (κ3) is 3.31. The van der Waals surface area contributed by atoms with Crippen molar-refractivity contribution in [3.63, 3.8) is 0 Å². The van der Waals surface area contributed by atoms with Gasteiger partial charge in [0.05, 0.1) is 19.0 Å². The molecular formula is C21H24N4O3. The first-order valence-corrected chi connectivity index (χ1v) is 9.28. The fourth-order valence-corrected chi connectivity index (χ4v) is 3.54. The first kappa shape index (κ1) is 18.0. The van der Waals surface area contributed by atoms with E-state index in [2.05, 4.69) is 21.9 Å². The van der Waals surface area contributed by atoms with E-state index in [1.165, 1.54) is 21.0 Å². The number of rotatable bonds is 4. The van der Waals surface area contributed by atoms with Crippen LogP contribution in [-0.2, 0) is 7.05 Å². The molecule has 0 saturated carbocycles. The Morgan fingerprint density at radius 2 is 1.29 bits per heavy atom. The molecule has 28 heavy (non-hydrogen) atoms. The van der Waals surface area contributed by atoms with Crippen LogP contribution in [0.1, 0.15) is 0 Å². The zero-order valence-electron chi connectivity index (χ0n) is 16.1. The molecule has 1 aromatic heterocycles. The smallest absolute Gasteiger partial charge is 0.335 e. The fraction of sp³-hybridized carbons (Fsp3) is 0.286. The van der Waals surface area contributed by atoms with Gasteiger partial charge in [0.25, 0.3) is 0 Å². The van der Waals surface area contributed by atoms with Gasteiger partial charge in [0.1, 0.15) is 5.75 Å². The van der Waals surface area contributed by atoms with Crippen LogP contribution >= 0.6 is 0 Å². The van der Waals surface area contributed by atoms with Gasteiger partial charge in [-0.15, -0.1) is 0 Å².